The van der Waals surface area contributed by atoms with Crippen LogP contribution in [-0.4, -0.2) is 36.4 Å². The molecule has 7 heteroatoms. The normalized spacial score (nSPS) is 19.1. The Balaban J connectivity index is 1.62. The molecule has 0 N–H and O–H groups in total. The van der Waals surface area contributed by atoms with Gasteiger partial charge in [-0.2, -0.15) is 26.3 Å². The minimum Gasteiger partial charge on any atom is -0.301 e. The van der Waals surface area contributed by atoms with Crippen LogP contribution in [0.2, 0.25) is 0 Å². The molecule has 2 saturated carbocycles. The number of alkyl halides is 6. The third-order valence-electron chi connectivity index (χ3n) is 8.84. The Hall–Kier alpha value is -2.02. The van der Waals surface area contributed by atoms with Gasteiger partial charge in [-0.3, -0.25) is 0 Å². The maximum Gasteiger partial charge on any atom is 0.398 e. The molecule has 0 saturated heterocycles. The van der Waals surface area contributed by atoms with Gasteiger partial charge in [-0.15, -0.1) is 0 Å². The number of halogens is 6. The maximum atomic E-state index is 14.4. The predicted octanol–water partition coefficient (Wildman–Crippen LogP) is 8.54. The van der Waals surface area contributed by atoms with E-state index < -0.39 is 23.2 Å². The fourth-order valence-corrected chi connectivity index (χ4v) is 6.23. The zero-order valence-electron chi connectivity index (χ0n) is 21.7. The molecule has 37 heavy (non-hydrogen) atoms. The van der Waals surface area contributed by atoms with Crippen molar-refractivity contribution in [1.82, 2.24) is 4.90 Å². The van der Waals surface area contributed by atoms with Gasteiger partial charge in [0.1, 0.15) is 0 Å². The highest BCUT2D eigenvalue weighted by Gasteiger charge is 2.63. The molecule has 0 heterocycles. The molecule has 2 aliphatic carbocycles. The summed E-state index contributed by atoms with van der Waals surface area (Å²) in [5.74, 6) is 0. The Morgan fingerprint density at radius 1 is 0.703 bits per heavy atom. The van der Waals surface area contributed by atoms with Crippen LogP contribution in [0, 0.1) is 0 Å². The topological polar surface area (TPSA) is 3.24 Å². The molecule has 2 fully saturated rings. The summed E-state index contributed by atoms with van der Waals surface area (Å²) < 4.78 is 86.2. The highest BCUT2D eigenvalue weighted by atomic mass is 19.4. The summed E-state index contributed by atoms with van der Waals surface area (Å²) in [6.07, 6.45) is -6.73. The van der Waals surface area contributed by atoms with Crippen LogP contribution in [0.3, 0.4) is 0 Å². The average molecular weight is 526 g/mol. The lowest BCUT2D eigenvalue weighted by Crippen LogP contribution is -2.51. The van der Waals surface area contributed by atoms with Gasteiger partial charge in [-0.25, -0.2) is 0 Å². The first kappa shape index (κ1) is 28.0. The Morgan fingerprint density at radius 2 is 1.22 bits per heavy atom. The molecule has 0 aliphatic heterocycles. The molecule has 1 nitrogen and oxygen atoms in total. The van der Waals surface area contributed by atoms with Gasteiger partial charge in [0.15, 0.2) is 0 Å². The van der Waals surface area contributed by atoms with Gasteiger partial charge in [-0.05, 0) is 87.6 Å². The van der Waals surface area contributed by atoms with Crippen LogP contribution in [0.4, 0.5) is 26.3 Å². The summed E-state index contributed by atoms with van der Waals surface area (Å²) >= 11 is 0. The zero-order valence-corrected chi connectivity index (χ0v) is 21.7. The smallest absolute Gasteiger partial charge is 0.301 e. The minimum absolute atomic E-state index is 0.0544. The van der Waals surface area contributed by atoms with Gasteiger partial charge in [0.2, 0.25) is 0 Å². The number of hydrogen-bond donors (Lipinski definition) is 0. The standard InChI is InChI=1S/C30H37F6N/c1-22(2)37(21-15-23-10-4-3-5-11-23)20-7-12-24-25(27(16-8-17-27)29(31,32)33)13-6-14-26(24)28(18-9-19-28)30(34,35)36/h3-6,10-11,13-14,22H,7-9,12,15-21H2,1-2H3. The van der Waals surface area contributed by atoms with Gasteiger partial charge in [0, 0.05) is 12.6 Å². The third-order valence-corrected chi connectivity index (χ3v) is 8.84. The van der Waals surface area contributed by atoms with Crippen LogP contribution >= 0.6 is 0 Å². The molecule has 204 valence electrons. The second-order valence-electron chi connectivity index (χ2n) is 11.2. The molecule has 0 amide bonds. The monoisotopic (exact) mass is 525 g/mol. The quantitative estimate of drug-likeness (QED) is 0.281. The highest BCUT2D eigenvalue weighted by molar-refractivity contribution is 5.48. The Morgan fingerprint density at radius 3 is 1.62 bits per heavy atom. The fraction of sp³-hybridized carbons (Fsp3) is 0.600. The molecule has 0 unspecified atom stereocenters. The lowest BCUT2D eigenvalue weighted by Gasteiger charge is -2.48. The average Bonchev–Trinajstić information content (AvgIpc) is 2.74. The molecule has 0 aromatic heterocycles. The molecule has 0 bridgehead atoms. The first-order valence-electron chi connectivity index (χ1n) is 13.5. The summed E-state index contributed by atoms with van der Waals surface area (Å²) in [7, 11) is 0. The summed E-state index contributed by atoms with van der Waals surface area (Å²) in [4.78, 5) is 2.26. The van der Waals surface area contributed by atoms with Crippen molar-refractivity contribution in [3.8, 4) is 0 Å². The molecule has 2 aliphatic rings. The Kier molecular flexibility index (Phi) is 8.04. The van der Waals surface area contributed by atoms with E-state index in [1.807, 2.05) is 18.2 Å². The molecule has 4 rings (SSSR count). The first-order valence-corrected chi connectivity index (χ1v) is 13.5. The molecular formula is C30H37F6N. The van der Waals surface area contributed by atoms with Crippen molar-refractivity contribution in [1.29, 1.82) is 0 Å². The van der Waals surface area contributed by atoms with Crippen LogP contribution in [0.15, 0.2) is 48.5 Å². The van der Waals surface area contributed by atoms with Crippen molar-refractivity contribution in [2.75, 3.05) is 13.1 Å². The number of nitrogens with zero attached hydrogens (tertiary/aromatic N) is 1. The van der Waals surface area contributed by atoms with Gasteiger partial charge in [0.25, 0.3) is 0 Å². The van der Waals surface area contributed by atoms with Gasteiger partial charge < -0.3 is 4.90 Å². The second-order valence-corrected chi connectivity index (χ2v) is 11.2. The minimum atomic E-state index is -4.48. The first-order chi connectivity index (χ1) is 17.4. The molecule has 2 aromatic rings. The number of hydrogen-bond acceptors (Lipinski definition) is 1. The van der Waals surface area contributed by atoms with Crippen molar-refractivity contribution in [2.45, 2.75) is 101 Å². The Labute approximate surface area is 216 Å². The molecular weight excluding hydrogens is 488 g/mol. The van der Waals surface area contributed by atoms with E-state index >= 15 is 0 Å². The van der Waals surface area contributed by atoms with E-state index in [1.54, 1.807) is 0 Å². The number of benzene rings is 2. The zero-order chi connectivity index (χ0) is 26.9. The highest BCUT2D eigenvalue weighted by Crippen LogP contribution is 2.59. The van der Waals surface area contributed by atoms with E-state index in [1.165, 1.54) is 23.8 Å². The fourth-order valence-electron chi connectivity index (χ4n) is 6.23. The van der Waals surface area contributed by atoms with E-state index in [9.17, 15) is 26.3 Å². The second kappa shape index (κ2) is 10.6. The SMILES string of the molecule is CC(C)N(CCCc1c(C2(C(F)(F)F)CCC2)cccc1C1(C(F)(F)F)CCC1)CCc1ccccc1. The van der Waals surface area contributed by atoms with E-state index in [4.69, 9.17) is 0 Å². The molecule has 0 atom stereocenters. The summed E-state index contributed by atoms with van der Waals surface area (Å²) in [6.45, 7) is 5.56. The van der Waals surface area contributed by atoms with Gasteiger partial charge in [-0.1, -0.05) is 61.4 Å². The van der Waals surface area contributed by atoms with Crippen LogP contribution in [0.25, 0.3) is 0 Å². The lowest BCUT2D eigenvalue weighted by atomic mass is 9.58. The third kappa shape index (κ3) is 5.30. The van der Waals surface area contributed by atoms with E-state index in [-0.39, 0.29) is 49.3 Å². The molecule has 0 spiro atoms. The lowest BCUT2D eigenvalue weighted by molar-refractivity contribution is -0.215. The van der Waals surface area contributed by atoms with Crippen molar-refractivity contribution >= 4 is 0 Å². The van der Waals surface area contributed by atoms with Gasteiger partial charge >= 0.3 is 12.4 Å². The van der Waals surface area contributed by atoms with Crippen LogP contribution < -0.4 is 0 Å². The Bertz CT molecular complexity index is 982. The van der Waals surface area contributed by atoms with Crippen molar-refractivity contribution in [3.05, 3.63) is 70.8 Å². The van der Waals surface area contributed by atoms with Crippen LogP contribution in [-0.2, 0) is 23.7 Å². The predicted molar refractivity (Wildman–Crippen MR) is 135 cm³/mol. The van der Waals surface area contributed by atoms with Gasteiger partial charge in [0.05, 0.1) is 10.8 Å². The van der Waals surface area contributed by atoms with Crippen molar-refractivity contribution in [3.63, 3.8) is 0 Å². The summed E-state index contributed by atoms with van der Waals surface area (Å²) in [5.41, 5.74) is -2.39. The largest absolute Gasteiger partial charge is 0.398 e. The van der Waals surface area contributed by atoms with Crippen molar-refractivity contribution in [2.24, 2.45) is 0 Å². The van der Waals surface area contributed by atoms with Crippen LogP contribution in [0.1, 0.15) is 81.0 Å². The molecule has 2 aromatic carbocycles. The van der Waals surface area contributed by atoms with E-state index in [0.717, 1.165) is 13.0 Å². The van der Waals surface area contributed by atoms with Crippen molar-refractivity contribution < 1.29 is 26.3 Å². The number of rotatable bonds is 10. The summed E-state index contributed by atoms with van der Waals surface area (Å²) in [5, 5.41) is 0. The maximum absolute atomic E-state index is 14.4. The molecule has 0 radical (unpaired) electrons. The van der Waals surface area contributed by atoms with E-state index in [0.29, 0.717) is 31.4 Å². The van der Waals surface area contributed by atoms with Crippen LogP contribution in [0.5, 0.6) is 0 Å². The summed E-state index contributed by atoms with van der Waals surface area (Å²) in [6, 6.07) is 14.6. The van der Waals surface area contributed by atoms with E-state index in [2.05, 4.69) is 30.9 Å².